The fourth-order valence-electron chi connectivity index (χ4n) is 4.42. The molecule has 0 bridgehead atoms. The number of methoxy groups -OCH3 is 1. The molecule has 2 saturated heterocycles. The largest absolute Gasteiger partial charge is 0.371 e. The van der Waals surface area contributed by atoms with E-state index in [0.717, 1.165) is 50.2 Å². The Morgan fingerprint density at radius 3 is 2.60 bits per heavy atom. The minimum absolute atomic E-state index is 0.151. The molecular weight excluding hydrogens is 416 g/mol. The fourth-order valence-corrected chi connectivity index (χ4v) is 5.47. The van der Waals surface area contributed by atoms with Gasteiger partial charge in [-0.3, -0.25) is 9.88 Å². The van der Waals surface area contributed by atoms with Crippen LogP contribution in [0.1, 0.15) is 19.3 Å². The molecule has 162 valence electrons. The lowest BCUT2D eigenvalue weighted by Gasteiger charge is -2.41. The topological polar surface area (TPSA) is 31.8 Å². The number of anilines is 1. The van der Waals surface area contributed by atoms with E-state index >= 15 is 0 Å². The van der Waals surface area contributed by atoms with Crippen molar-refractivity contribution in [2.75, 3.05) is 51.3 Å². The average molecular weight is 447 g/mol. The van der Waals surface area contributed by atoms with Crippen LogP contribution in [0.5, 0.6) is 0 Å². The van der Waals surface area contributed by atoms with Crippen LogP contribution in [0.3, 0.4) is 0 Å². The lowest BCUT2D eigenvalue weighted by molar-refractivity contribution is -0.0690. The zero-order chi connectivity index (χ0) is 20.8. The molecule has 2 aliphatic heterocycles. The van der Waals surface area contributed by atoms with Gasteiger partial charge in [0.25, 0.3) is 0 Å². The average Bonchev–Trinajstić information content (AvgIpc) is 3.02. The van der Waals surface area contributed by atoms with Gasteiger partial charge < -0.3 is 9.64 Å². The quantitative estimate of drug-likeness (QED) is 0.601. The zero-order valence-electron chi connectivity index (χ0n) is 17.6. The molecule has 2 atom stereocenters. The molecular formula is C23H31ClN4OS. The second-order valence-electron chi connectivity index (χ2n) is 8.11. The number of rotatable bonds is 6. The molecule has 0 radical (unpaired) electrons. The van der Waals surface area contributed by atoms with Crippen LogP contribution in [0.15, 0.2) is 53.7 Å². The molecule has 30 heavy (non-hydrogen) atoms. The first-order chi connectivity index (χ1) is 14.7. The highest BCUT2D eigenvalue weighted by molar-refractivity contribution is 7.97. The molecule has 0 amide bonds. The van der Waals surface area contributed by atoms with Crippen LogP contribution < -0.4 is 4.90 Å². The van der Waals surface area contributed by atoms with Crippen molar-refractivity contribution in [2.45, 2.75) is 30.4 Å². The van der Waals surface area contributed by atoms with Crippen molar-refractivity contribution in [3.05, 3.63) is 53.8 Å². The first-order valence-corrected chi connectivity index (χ1v) is 12.0. The number of pyridine rings is 1. The summed E-state index contributed by atoms with van der Waals surface area (Å²) in [4.78, 5) is 10.4. The lowest BCUT2D eigenvalue weighted by Crippen LogP contribution is -2.53. The van der Waals surface area contributed by atoms with Crippen molar-refractivity contribution < 1.29 is 4.74 Å². The third kappa shape index (κ3) is 5.89. The second-order valence-corrected chi connectivity index (χ2v) is 9.71. The second kappa shape index (κ2) is 10.8. The van der Waals surface area contributed by atoms with Crippen LogP contribution in [0.4, 0.5) is 5.69 Å². The van der Waals surface area contributed by atoms with Gasteiger partial charge in [0.15, 0.2) is 0 Å². The monoisotopic (exact) mass is 446 g/mol. The summed E-state index contributed by atoms with van der Waals surface area (Å²) < 4.78 is 8.30. The number of piperazine rings is 1. The minimum Gasteiger partial charge on any atom is -0.371 e. The van der Waals surface area contributed by atoms with Gasteiger partial charge in [0.05, 0.1) is 0 Å². The molecule has 5 nitrogen and oxygen atoms in total. The van der Waals surface area contributed by atoms with E-state index in [0.29, 0.717) is 0 Å². The molecule has 2 unspecified atom stereocenters. The third-order valence-electron chi connectivity index (χ3n) is 6.09. The molecule has 2 fully saturated rings. The number of nitrogens with zero attached hydrogens (tertiary/aromatic N) is 4. The number of hydrogen-bond donors (Lipinski definition) is 0. The highest BCUT2D eigenvalue weighted by Crippen LogP contribution is 2.29. The summed E-state index contributed by atoms with van der Waals surface area (Å²) in [6.07, 6.45) is 7.70. The number of benzene rings is 1. The summed E-state index contributed by atoms with van der Waals surface area (Å²) >= 11 is 7.81. The van der Waals surface area contributed by atoms with Crippen molar-refractivity contribution in [1.29, 1.82) is 0 Å². The first-order valence-electron chi connectivity index (χ1n) is 10.8. The van der Waals surface area contributed by atoms with Crippen LogP contribution >= 0.6 is 23.5 Å². The van der Waals surface area contributed by atoms with Crippen molar-refractivity contribution in [2.24, 2.45) is 5.92 Å². The smallest absolute Gasteiger partial charge is 0.124 e. The molecule has 0 saturated carbocycles. The van der Waals surface area contributed by atoms with E-state index in [9.17, 15) is 0 Å². The lowest BCUT2D eigenvalue weighted by atomic mass is 9.99. The van der Waals surface area contributed by atoms with Crippen LogP contribution in [0.25, 0.3) is 0 Å². The summed E-state index contributed by atoms with van der Waals surface area (Å²) in [6, 6.07) is 12.3. The van der Waals surface area contributed by atoms with Crippen molar-refractivity contribution >= 4 is 29.2 Å². The summed E-state index contributed by atoms with van der Waals surface area (Å²) in [7, 11) is 1.84. The minimum atomic E-state index is 0.151. The van der Waals surface area contributed by atoms with Gasteiger partial charge in [0, 0.05) is 74.4 Å². The van der Waals surface area contributed by atoms with E-state index in [1.54, 1.807) is 11.9 Å². The van der Waals surface area contributed by atoms with Gasteiger partial charge in [-0.05, 0) is 73.5 Å². The Bertz CT molecular complexity index is 779. The van der Waals surface area contributed by atoms with Gasteiger partial charge >= 0.3 is 0 Å². The maximum atomic E-state index is 6.01. The summed E-state index contributed by atoms with van der Waals surface area (Å²) in [5, 5.41) is 0.782. The standard InChI is InChI=1S/C23H31ClN4OS/c1-29-23-18-28(30-22-6-4-20(24)5-7-22)16-15-27(23)17-19-3-2-13-26(14-10-19)21-8-11-25-12-9-21/h4-9,11-12,19,23H,2-3,10,13-18H2,1H3. The van der Waals surface area contributed by atoms with Crippen molar-refractivity contribution in [3.63, 3.8) is 0 Å². The van der Waals surface area contributed by atoms with Gasteiger partial charge in [-0.15, -0.1) is 0 Å². The Kier molecular flexibility index (Phi) is 7.90. The Balaban J connectivity index is 1.28. The van der Waals surface area contributed by atoms with Gasteiger partial charge in [0.1, 0.15) is 6.23 Å². The first kappa shape index (κ1) is 21.9. The highest BCUT2D eigenvalue weighted by atomic mass is 35.5. The van der Waals surface area contributed by atoms with Crippen LogP contribution in [-0.2, 0) is 4.74 Å². The molecule has 2 aromatic rings. The molecule has 0 spiro atoms. The molecule has 0 aliphatic carbocycles. The van der Waals surface area contributed by atoms with E-state index in [1.165, 1.54) is 29.8 Å². The Morgan fingerprint density at radius 2 is 1.83 bits per heavy atom. The number of halogens is 1. The summed E-state index contributed by atoms with van der Waals surface area (Å²) in [5.74, 6) is 0.727. The van der Waals surface area contributed by atoms with Gasteiger partial charge in [0.2, 0.25) is 0 Å². The van der Waals surface area contributed by atoms with Crippen molar-refractivity contribution in [1.82, 2.24) is 14.2 Å². The fraction of sp³-hybridized carbons (Fsp3) is 0.522. The van der Waals surface area contributed by atoms with E-state index in [-0.39, 0.29) is 6.23 Å². The number of aromatic nitrogens is 1. The van der Waals surface area contributed by atoms with E-state index < -0.39 is 0 Å². The van der Waals surface area contributed by atoms with E-state index in [4.69, 9.17) is 16.3 Å². The van der Waals surface area contributed by atoms with Crippen molar-refractivity contribution in [3.8, 4) is 0 Å². The molecule has 4 rings (SSSR count). The van der Waals surface area contributed by atoms with E-state index in [2.05, 4.69) is 43.4 Å². The van der Waals surface area contributed by atoms with Gasteiger partial charge in [-0.1, -0.05) is 11.6 Å². The summed E-state index contributed by atoms with van der Waals surface area (Å²) in [6.45, 7) is 6.40. The van der Waals surface area contributed by atoms with Crippen LogP contribution in [0.2, 0.25) is 5.02 Å². The Hall–Kier alpha value is -1.31. The highest BCUT2D eigenvalue weighted by Gasteiger charge is 2.30. The number of hydrogen-bond acceptors (Lipinski definition) is 6. The molecule has 2 aliphatic rings. The van der Waals surface area contributed by atoms with Crippen LogP contribution in [-0.4, -0.2) is 66.8 Å². The van der Waals surface area contributed by atoms with Gasteiger partial charge in [-0.25, -0.2) is 4.31 Å². The predicted molar refractivity (Wildman–Crippen MR) is 125 cm³/mol. The third-order valence-corrected chi connectivity index (χ3v) is 7.42. The van der Waals surface area contributed by atoms with E-state index in [1.807, 2.05) is 31.6 Å². The molecule has 1 aromatic carbocycles. The SMILES string of the molecule is COC1CN(Sc2ccc(Cl)cc2)CCN1CC1CCCN(c2ccncc2)CC1. The summed E-state index contributed by atoms with van der Waals surface area (Å²) in [5.41, 5.74) is 1.30. The molecule has 1 aromatic heterocycles. The Labute approximate surface area is 189 Å². The Morgan fingerprint density at radius 1 is 1.03 bits per heavy atom. The molecule has 7 heteroatoms. The number of ether oxygens (including phenoxy) is 1. The maximum absolute atomic E-state index is 6.01. The maximum Gasteiger partial charge on any atom is 0.124 e. The van der Waals surface area contributed by atoms with Crippen LogP contribution in [0, 0.1) is 5.92 Å². The molecule has 3 heterocycles. The normalized spacial score (nSPS) is 24.0. The predicted octanol–water partition coefficient (Wildman–Crippen LogP) is 4.64. The molecule has 0 N–H and O–H groups in total. The zero-order valence-corrected chi connectivity index (χ0v) is 19.2. The van der Waals surface area contributed by atoms with Gasteiger partial charge in [-0.2, -0.15) is 0 Å².